The molecule has 7 nitrogen and oxygen atoms in total. The molecule has 0 fully saturated rings. The lowest BCUT2D eigenvalue weighted by atomic mass is 10.0. The summed E-state index contributed by atoms with van der Waals surface area (Å²) in [7, 11) is 0. The van der Waals surface area contributed by atoms with Crippen LogP contribution in [-0.2, 0) is 16.0 Å². The molecule has 4 rings (SSSR count). The number of hydrazine groups is 1. The van der Waals surface area contributed by atoms with E-state index in [0.29, 0.717) is 11.3 Å². The molecule has 0 saturated heterocycles. The van der Waals surface area contributed by atoms with Gasteiger partial charge in [-0.15, -0.1) is 0 Å². The van der Waals surface area contributed by atoms with Gasteiger partial charge in [-0.05, 0) is 53.9 Å². The van der Waals surface area contributed by atoms with Crippen LogP contribution in [0.25, 0.3) is 22.1 Å². The predicted molar refractivity (Wildman–Crippen MR) is 123 cm³/mol. The number of furan rings is 1. The third kappa shape index (κ3) is 5.38. The van der Waals surface area contributed by atoms with E-state index in [1.54, 1.807) is 30.5 Å². The number of hydrogen-bond donors (Lipinski definition) is 2. The van der Waals surface area contributed by atoms with Gasteiger partial charge in [0.05, 0.1) is 24.3 Å². The smallest absolute Gasteiger partial charge is 0.276 e. The Balaban J connectivity index is 1.24. The summed E-state index contributed by atoms with van der Waals surface area (Å²) in [5.41, 5.74) is 9.82. The van der Waals surface area contributed by atoms with Gasteiger partial charge in [0.25, 0.3) is 5.91 Å². The number of ether oxygens (including phenoxy) is 1. The van der Waals surface area contributed by atoms with E-state index in [2.05, 4.69) is 16.9 Å². The lowest BCUT2D eigenvalue weighted by Crippen LogP contribution is -2.44. The van der Waals surface area contributed by atoms with Crippen LogP contribution in [0, 0.1) is 18.3 Å². The van der Waals surface area contributed by atoms with Gasteiger partial charge in [0, 0.05) is 10.9 Å². The number of carbonyl (C=O) groups is 2. The maximum Gasteiger partial charge on any atom is 0.276 e. The number of nitriles is 1. The highest BCUT2D eigenvalue weighted by Crippen LogP contribution is 2.23. The van der Waals surface area contributed by atoms with Crippen LogP contribution in [0.3, 0.4) is 0 Å². The van der Waals surface area contributed by atoms with Crippen molar-refractivity contribution >= 4 is 22.8 Å². The highest BCUT2D eigenvalue weighted by Gasteiger charge is 2.12. The molecular weight excluding hydrogens is 418 g/mol. The number of benzene rings is 3. The van der Waals surface area contributed by atoms with Crippen LogP contribution in [0.1, 0.15) is 16.7 Å². The van der Waals surface area contributed by atoms with E-state index in [1.165, 1.54) is 0 Å². The molecule has 0 saturated carbocycles. The second-order valence-corrected chi connectivity index (χ2v) is 7.54. The Bertz CT molecular complexity index is 1330. The lowest BCUT2D eigenvalue weighted by molar-refractivity contribution is -0.129. The van der Waals surface area contributed by atoms with Gasteiger partial charge < -0.3 is 9.15 Å². The summed E-state index contributed by atoms with van der Waals surface area (Å²) >= 11 is 0. The standard InChI is InChI=1S/C26H21N3O4/c1-17-2-11-23-21(15-33-24(23)12-17)13-25(30)28-29-26(31)16-32-22-9-7-20(8-10-22)19-5-3-18(14-27)4-6-19/h2-12,15H,13,16H2,1H3,(H,28,30)(H,29,31). The van der Waals surface area contributed by atoms with Crippen molar-refractivity contribution in [2.75, 3.05) is 6.61 Å². The van der Waals surface area contributed by atoms with Crippen LogP contribution < -0.4 is 15.6 Å². The minimum absolute atomic E-state index is 0.0774. The number of hydrogen-bond acceptors (Lipinski definition) is 5. The SMILES string of the molecule is Cc1ccc2c(CC(=O)NNC(=O)COc3ccc(-c4ccc(C#N)cc4)cc3)coc2c1. The molecule has 4 aromatic rings. The van der Waals surface area contributed by atoms with Crippen molar-refractivity contribution in [3.05, 3.63) is 89.7 Å². The second-order valence-electron chi connectivity index (χ2n) is 7.54. The summed E-state index contributed by atoms with van der Waals surface area (Å²) in [6.07, 6.45) is 1.63. The van der Waals surface area contributed by atoms with Gasteiger partial charge >= 0.3 is 0 Å². The number of nitrogens with one attached hydrogen (secondary N) is 2. The fourth-order valence-electron chi connectivity index (χ4n) is 3.35. The molecular formula is C26H21N3O4. The van der Waals surface area contributed by atoms with E-state index in [-0.39, 0.29) is 18.9 Å². The van der Waals surface area contributed by atoms with Crippen LogP contribution in [0.4, 0.5) is 0 Å². The van der Waals surface area contributed by atoms with Crippen molar-refractivity contribution < 1.29 is 18.7 Å². The van der Waals surface area contributed by atoms with Crippen molar-refractivity contribution in [3.8, 4) is 22.9 Å². The maximum absolute atomic E-state index is 12.2. The van der Waals surface area contributed by atoms with Crippen molar-refractivity contribution in [2.45, 2.75) is 13.3 Å². The van der Waals surface area contributed by atoms with E-state index >= 15 is 0 Å². The Morgan fingerprint density at radius 1 is 0.939 bits per heavy atom. The highest BCUT2D eigenvalue weighted by molar-refractivity contribution is 5.89. The molecule has 3 aromatic carbocycles. The largest absolute Gasteiger partial charge is 0.484 e. The number of amides is 2. The minimum atomic E-state index is -0.479. The van der Waals surface area contributed by atoms with E-state index in [1.807, 2.05) is 49.4 Å². The van der Waals surface area contributed by atoms with Crippen LogP contribution in [0.15, 0.2) is 77.4 Å². The first-order valence-electron chi connectivity index (χ1n) is 10.3. The van der Waals surface area contributed by atoms with Crippen LogP contribution in [0.5, 0.6) is 5.75 Å². The van der Waals surface area contributed by atoms with Gasteiger partial charge in [-0.1, -0.05) is 36.4 Å². The van der Waals surface area contributed by atoms with Gasteiger partial charge in [-0.2, -0.15) is 5.26 Å². The third-order valence-electron chi connectivity index (χ3n) is 5.08. The van der Waals surface area contributed by atoms with Gasteiger partial charge in [0.15, 0.2) is 6.61 Å². The Hall–Kier alpha value is -4.57. The summed E-state index contributed by atoms with van der Waals surface area (Å²) in [6.45, 7) is 1.72. The molecule has 0 aliphatic rings. The topological polar surface area (TPSA) is 104 Å². The molecule has 0 aliphatic carbocycles. The summed E-state index contributed by atoms with van der Waals surface area (Å²) in [5, 5.41) is 9.76. The fraction of sp³-hybridized carbons (Fsp3) is 0.115. The third-order valence-corrected chi connectivity index (χ3v) is 5.08. The Morgan fingerprint density at radius 2 is 1.61 bits per heavy atom. The molecule has 164 valence electrons. The summed E-state index contributed by atoms with van der Waals surface area (Å²) < 4.78 is 11.0. The zero-order valence-electron chi connectivity index (χ0n) is 17.9. The van der Waals surface area contributed by atoms with Gasteiger partial charge in [0.1, 0.15) is 11.3 Å². The molecule has 1 heterocycles. The van der Waals surface area contributed by atoms with Gasteiger partial charge in [-0.25, -0.2) is 0 Å². The molecule has 0 aliphatic heterocycles. The summed E-state index contributed by atoms with van der Waals surface area (Å²) in [6, 6.07) is 22.4. The van der Waals surface area contributed by atoms with Crippen molar-refractivity contribution in [1.29, 1.82) is 5.26 Å². The molecule has 1 aromatic heterocycles. The molecule has 0 bridgehead atoms. The average molecular weight is 439 g/mol. The van der Waals surface area contributed by atoms with Crippen LogP contribution >= 0.6 is 0 Å². The Morgan fingerprint density at radius 3 is 2.30 bits per heavy atom. The quantitative estimate of drug-likeness (QED) is 0.441. The maximum atomic E-state index is 12.2. The van der Waals surface area contributed by atoms with Crippen LogP contribution in [0.2, 0.25) is 0 Å². The van der Waals surface area contributed by atoms with Crippen molar-refractivity contribution in [1.82, 2.24) is 10.9 Å². The molecule has 0 spiro atoms. The first-order valence-corrected chi connectivity index (χ1v) is 10.3. The molecule has 2 amide bonds. The van der Waals surface area contributed by atoms with Gasteiger partial charge in [-0.3, -0.25) is 20.4 Å². The lowest BCUT2D eigenvalue weighted by Gasteiger charge is -2.09. The van der Waals surface area contributed by atoms with E-state index in [4.69, 9.17) is 14.4 Å². The number of rotatable bonds is 6. The zero-order chi connectivity index (χ0) is 23.2. The monoisotopic (exact) mass is 439 g/mol. The first-order chi connectivity index (χ1) is 16.0. The van der Waals surface area contributed by atoms with Crippen molar-refractivity contribution in [3.63, 3.8) is 0 Å². The number of nitrogens with zero attached hydrogens (tertiary/aromatic N) is 1. The van der Waals surface area contributed by atoms with Gasteiger partial charge in [0.2, 0.25) is 5.91 Å². The predicted octanol–water partition coefficient (Wildman–Crippen LogP) is 4.05. The summed E-state index contributed by atoms with van der Waals surface area (Å²) in [5.74, 6) is -0.320. The number of fused-ring (bicyclic) bond motifs is 1. The first kappa shape index (κ1) is 21.7. The molecule has 33 heavy (non-hydrogen) atoms. The number of aryl methyl sites for hydroxylation is 1. The molecule has 2 N–H and O–H groups in total. The molecule has 0 unspecified atom stereocenters. The zero-order valence-corrected chi connectivity index (χ0v) is 17.9. The normalized spacial score (nSPS) is 10.4. The second kappa shape index (κ2) is 9.71. The molecule has 7 heteroatoms. The fourth-order valence-corrected chi connectivity index (χ4v) is 3.35. The highest BCUT2D eigenvalue weighted by atomic mass is 16.5. The van der Waals surface area contributed by atoms with E-state index in [0.717, 1.165) is 33.2 Å². The minimum Gasteiger partial charge on any atom is -0.484 e. The van der Waals surface area contributed by atoms with Crippen molar-refractivity contribution in [2.24, 2.45) is 0 Å². The van der Waals surface area contributed by atoms with Crippen LogP contribution in [-0.4, -0.2) is 18.4 Å². The van der Waals surface area contributed by atoms with E-state index < -0.39 is 5.91 Å². The van der Waals surface area contributed by atoms with E-state index in [9.17, 15) is 9.59 Å². The number of carbonyl (C=O) groups excluding carboxylic acids is 2. The average Bonchev–Trinajstić information content (AvgIpc) is 3.23. The Kier molecular flexibility index (Phi) is 6.37. The molecule has 0 atom stereocenters. The molecule has 0 radical (unpaired) electrons. The Labute approximate surface area is 190 Å². The summed E-state index contributed by atoms with van der Waals surface area (Å²) in [4.78, 5) is 24.2.